The molecular weight excluding hydrogens is 1260 g/mol. The van der Waals surface area contributed by atoms with Crippen molar-refractivity contribution >= 4 is 39.5 Å². The molecule has 0 spiro atoms. The van der Waals surface area contributed by atoms with Crippen LogP contribution >= 0.6 is 15.6 Å². The van der Waals surface area contributed by atoms with Crippen molar-refractivity contribution in [2.75, 3.05) is 39.6 Å². The van der Waals surface area contributed by atoms with Crippen molar-refractivity contribution < 1.29 is 80.2 Å². The van der Waals surface area contributed by atoms with E-state index >= 15 is 0 Å². The van der Waals surface area contributed by atoms with Gasteiger partial charge in [-0.1, -0.05) is 338 Å². The van der Waals surface area contributed by atoms with Crippen LogP contribution in [0, 0.1) is 23.7 Å². The number of aliphatic hydroxyl groups is 1. The highest BCUT2D eigenvalue weighted by atomic mass is 31.2. The Balaban J connectivity index is 5.24. The van der Waals surface area contributed by atoms with Crippen LogP contribution in [0.15, 0.2) is 0 Å². The van der Waals surface area contributed by atoms with Gasteiger partial charge in [-0.2, -0.15) is 0 Å². The monoisotopic (exact) mass is 1410 g/mol. The van der Waals surface area contributed by atoms with Crippen molar-refractivity contribution in [3.63, 3.8) is 0 Å². The molecule has 0 saturated heterocycles. The van der Waals surface area contributed by atoms with E-state index in [1.807, 2.05) is 0 Å². The van der Waals surface area contributed by atoms with Crippen molar-refractivity contribution in [1.29, 1.82) is 0 Å². The van der Waals surface area contributed by atoms with E-state index in [-0.39, 0.29) is 25.7 Å². The Labute approximate surface area is 588 Å². The first-order valence-electron chi connectivity index (χ1n) is 39.7. The zero-order chi connectivity index (χ0) is 71.0. The van der Waals surface area contributed by atoms with E-state index < -0.39 is 97.5 Å². The quantitative estimate of drug-likeness (QED) is 0.0222. The first kappa shape index (κ1) is 94.1. The lowest BCUT2D eigenvalue weighted by molar-refractivity contribution is -0.161. The van der Waals surface area contributed by atoms with E-state index in [4.69, 9.17) is 37.0 Å². The van der Waals surface area contributed by atoms with E-state index in [1.54, 1.807) is 0 Å². The number of phosphoric ester groups is 2. The maximum absolute atomic E-state index is 13.1. The standard InChI is InChI=1S/C77H150O17P2/c1-9-70(8)56-48-40-31-25-19-12-10-11-13-20-27-33-43-51-59-76(81)93-72(63-87-74(79)57-49-41-32-26-22-16-18-24-30-38-46-54-68(4)5)65-91-95(83,84)89-61-71(78)62-90-96(85,86)92-66-73(64-88-75(80)58-50-42-36-35-39-47-55-69(6)7)94-77(82)60-52-44-34-28-21-15-14-17-23-29-37-45-53-67(2)3/h67-73,78H,9-66H2,1-8H3,(H,83,84)(H,85,86)/t70?,71-,72-,73-/m1/s1. The summed E-state index contributed by atoms with van der Waals surface area (Å²) in [6, 6.07) is 0. The molecule has 6 atom stereocenters. The SMILES string of the molecule is CCC(C)CCCCCCCCCCCCCCCCC(=O)O[C@H](COC(=O)CCCCCCCCCCCCCC(C)C)COP(=O)(O)OC[C@@H](O)COP(=O)(O)OC[C@@H](COC(=O)CCCCCCCCC(C)C)OC(=O)CCCCCCCCCCCCCCC(C)C. The summed E-state index contributed by atoms with van der Waals surface area (Å²) >= 11 is 0. The Morgan fingerprint density at radius 2 is 0.500 bits per heavy atom. The maximum Gasteiger partial charge on any atom is 0.472 e. The molecule has 96 heavy (non-hydrogen) atoms. The van der Waals surface area contributed by atoms with E-state index in [1.165, 1.54) is 186 Å². The summed E-state index contributed by atoms with van der Waals surface area (Å²) in [7, 11) is -9.91. The van der Waals surface area contributed by atoms with Gasteiger partial charge in [-0.05, 0) is 49.4 Å². The molecule has 0 aromatic carbocycles. The van der Waals surface area contributed by atoms with E-state index in [2.05, 4.69) is 55.4 Å². The van der Waals surface area contributed by atoms with Gasteiger partial charge in [0.25, 0.3) is 0 Å². The van der Waals surface area contributed by atoms with Gasteiger partial charge < -0.3 is 33.8 Å². The van der Waals surface area contributed by atoms with Gasteiger partial charge in [0.15, 0.2) is 12.2 Å². The maximum atomic E-state index is 13.1. The fourth-order valence-electron chi connectivity index (χ4n) is 11.7. The van der Waals surface area contributed by atoms with Crippen LogP contribution in [0.2, 0.25) is 0 Å². The van der Waals surface area contributed by atoms with E-state index in [0.717, 1.165) is 114 Å². The summed E-state index contributed by atoms with van der Waals surface area (Å²) in [6.07, 6.45) is 51.4. The van der Waals surface area contributed by atoms with Crippen molar-refractivity contribution in [2.45, 2.75) is 408 Å². The Bertz CT molecular complexity index is 1890. The van der Waals surface area contributed by atoms with Gasteiger partial charge >= 0.3 is 39.5 Å². The number of unbranched alkanes of at least 4 members (excludes halogenated alkanes) is 39. The molecule has 3 N–H and O–H groups in total. The molecule has 0 aliphatic carbocycles. The summed E-state index contributed by atoms with van der Waals surface area (Å²) in [5.74, 6) is 0.952. The highest BCUT2D eigenvalue weighted by molar-refractivity contribution is 7.47. The number of carbonyl (C=O) groups excluding carboxylic acids is 4. The molecule has 0 aromatic rings. The Morgan fingerprint density at radius 3 is 0.740 bits per heavy atom. The number of carbonyl (C=O) groups is 4. The largest absolute Gasteiger partial charge is 0.472 e. The lowest BCUT2D eigenvalue weighted by Gasteiger charge is -2.21. The number of esters is 4. The molecule has 0 saturated carbocycles. The summed E-state index contributed by atoms with van der Waals surface area (Å²) in [4.78, 5) is 72.8. The van der Waals surface area contributed by atoms with Crippen molar-refractivity contribution in [2.24, 2.45) is 23.7 Å². The molecule has 0 aromatic heterocycles. The number of phosphoric acid groups is 2. The molecule has 0 rings (SSSR count). The molecule has 0 amide bonds. The zero-order valence-electron chi connectivity index (χ0n) is 63.0. The van der Waals surface area contributed by atoms with Crippen LogP contribution in [0.1, 0.15) is 389 Å². The van der Waals surface area contributed by atoms with Crippen LogP contribution in [0.4, 0.5) is 0 Å². The lowest BCUT2D eigenvalue weighted by Crippen LogP contribution is -2.30. The second-order valence-electron chi connectivity index (χ2n) is 29.4. The molecule has 0 aliphatic heterocycles. The van der Waals surface area contributed by atoms with Crippen LogP contribution in [0.25, 0.3) is 0 Å². The van der Waals surface area contributed by atoms with Crippen LogP contribution in [0.5, 0.6) is 0 Å². The third kappa shape index (κ3) is 69.2. The van der Waals surface area contributed by atoms with Crippen LogP contribution < -0.4 is 0 Å². The Hall–Kier alpha value is -1.94. The molecule has 570 valence electrons. The van der Waals surface area contributed by atoms with Crippen LogP contribution in [0.3, 0.4) is 0 Å². The van der Waals surface area contributed by atoms with Gasteiger partial charge in [0, 0.05) is 25.7 Å². The molecular formula is C77H150O17P2. The Morgan fingerprint density at radius 1 is 0.292 bits per heavy atom. The van der Waals surface area contributed by atoms with Gasteiger partial charge in [0.1, 0.15) is 19.3 Å². The average molecular weight is 1410 g/mol. The first-order chi connectivity index (χ1) is 46.1. The second-order valence-corrected chi connectivity index (χ2v) is 32.3. The minimum absolute atomic E-state index is 0.105. The first-order valence-corrected chi connectivity index (χ1v) is 42.7. The van der Waals surface area contributed by atoms with Crippen LogP contribution in [-0.4, -0.2) is 96.7 Å². The average Bonchev–Trinajstić information content (AvgIpc) is 1.37. The van der Waals surface area contributed by atoms with Gasteiger partial charge in [-0.3, -0.25) is 37.3 Å². The normalized spacial score (nSPS) is 14.4. The van der Waals surface area contributed by atoms with E-state index in [0.29, 0.717) is 31.6 Å². The van der Waals surface area contributed by atoms with E-state index in [9.17, 15) is 43.2 Å². The molecule has 3 unspecified atom stereocenters. The number of hydrogen-bond donors (Lipinski definition) is 3. The summed E-state index contributed by atoms with van der Waals surface area (Å²) < 4.78 is 68.5. The van der Waals surface area contributed by atoms with Gasteiger partial charge in [-0.15, -0.1) is 0 Å². The fourth-order valence-corrected chi connectivity index (χ4v) is 13.3. The highest BCUT2D eigenvalue weighted by Crippen LogP contribution is 2.45. The summed E-state index contributed by atoms with van der Waals surface area (Å²) in [6.45, 7) is 14.2. The second kappa shape index (κ2) is 66.3. The van der Waals surface area contributed by atoms with Gasteiger partial charge in [-0.25, -0.2) is 9.13 Å². The van der Waals surface area contributed by atoms with Crippen molar-refractivity contribution in [1.82, 2.24) is 0 Å². The zero-order valence-corrected chi connectivity index (χ0v) is 64.8. The fraction of sp³-hybridized carbons (Fsp3) is 0.948. The van der Waals surface area contributed by atoms with Gasteiger partial charge in [0.05, 0.1) is 26.4 Å². The number of rotatable bonds is 74. The number of ether oxygens (including phenoxy) is 4. The molecule has 0 aliphatic rings. The Kier molecular flexibility index (Phi) is 65.0. The lowest BCUT2D eigenvalue weighted by atomic mass is 9.99. The summed E-state index contributed by atoms with van der Waals surface area (Å²) in [5, 5.41) is 10.6. The minimum atomic E-state index is -4.96. The number of aliphatic hydroxyl groups excluding tert-OH is 1. The molecule has 0 bridgehead atoms. The molecule has 0 fully saturated rings. The predicted octanol–water partition coefficient (Wildman–Crippen LogP) is 22.4. The highest BCUT2D eigenvalue weighted by Gasteiger charge is 2.30. The smallest absolute Gasteiger partial charge is 0.462 e. The predicted molar refractivity (Wildman–Crippen MR) is 391 cm³/mol. The third-order valence-corrected chi connectivity index (χ3v) is 20.1. The topological polar surface area (TPSA) is 237 Å². The molecule has 17 nitrogen and oxygen atoms in total. The minimum Gasteiger partial charge on any atom is -0.462 e. The number of hydrogen-bond acceptors (Lipinski definition) is 15. The molecule has 19 heteroatoms. The van der Waals surface area contributed by atoms with Crippen molar-refractivity contribution in [3.05, 3.63) is 0 Å². The third-order valence-electron chi connectivity index (χ3n) is 18.2. The summed E-state index contributed by atoms with van der Waals surface area (Å²) in [5.41, 5.74) is 0. The van der Waals surface area contributed by atoms with Crippen LogP contribution in [-0.2, 0) is 65.4 Å². The van der Waals surface area contributed by atoms with Crippen molar-refractivity contribution in [3.8, 4) is 0 Å². The molecule has 0 radical (unpaired) electrons. The van der Waals surface area contributed by atoms with Gasteiger partial charge in [0.2, 0.25) is 0 Å². The molecule has 0 heterocycles.